The predicted molar refractivity (Wildman–Crippen MR) is 81.7 cm³/mol. The molecule has 0 aliphatic carbocycles. The smallest absolute Gasteiger partial charge is 0.148 e. The second kappa shape index (κ2) is 5.97. The lowest BCUT2D eigenvalue weighted by Crippen LogP contribution is -2.24. The minimum atomic E-state index is 0.232. The largest absolute Gasteiger partial charge is 0.497 e. The van der Waals surface area contributed by atoms with Crippen LogP contribution in [0, 0.1) is 5.92 Å². The Morgan fingerprint density at radius 3 is 2.63 bits per heavy atom. The lowest BCUT2D eigenvalue weighted by molar-refractivity contribution is 0.356. The van der Waals surface area contributed by atoms with Crippen molar-refractivity contribution < 1.29 is 9.15 Å². The minimum Gasteiger partial charge on any atom is -0.497 e. The number of hydrogen-bond donors (Lipinski definition) is 1. The van der Waals surface area contributed by atoms with E-state index in [4.69, 9.17) is 9.15 Å². The number of hydrogen-bond acceptors (Lipinski definition) is 3. The molecule has 0 bridgehead atoms. The SMILES string of the molecule is CCNC(c1cc2cc(OC)cc(Br)c2o1)C(C)C. The average molecular weight is 326 g/mol. The van der Waals surface area contributed by atoms with E-state index in [1.165, 1.54) is 0 Å². The molecule has 1 aromatic carbocycles. The molecule has 1 unspecified atom stereocenters. The highest BCUT2D eigenvalue weighted by Crippen LogP contribution is 2.35. The number of methoxy groups -OCH3 is 1. The van der Waals surface area contributed by atoms with E-state index in [-0.39, 0.29) is 6.04 Å². The third kappa shape index (κ3) is 2.95. The molecule has 0 radical (unpaired) electrons. The van der Waals surface area contributed by atoms with E-state index < -0.39 is 0 Å². The zero-order valence-electron chi connectivity index (χ0n) is 11.8. The number of rotatable bonds is 5. The second-order valence-electron chi connectivity index (χ2n) is 4.96. The molecular formula is C15H20BrNO2. The first kappa shape index (κ1) is 14.4. The Hall–Kier alpha value is -1.00. The van der Waals surface area contributed by atoms with Gasteiger partial charge >= 0.3 is 0 Å². The number of furan rings is 1. The van der Waals surface area contributed by atoms with Gasteiger partial charge in [-0.1, -0.05) is 20.8 Å². The van der Waals surface area contributed by atoms with Crippen LogP contribution in [0.1, 0.15) is 32.6 Å². The Bertz CT molecular complexity index is 563. The van der Waals surface area contributed by atoms with Gasteiger partial charge in [0.1, 0.15) is 17.1 Å². The van der Waals surface area contributed by atoms with E-state index in [0.29, 0.717) is 5.92 Å². The zero-order valence-corrected chi connectivity index (χ0v) is 13.4. The zero-order chi connectivity index (χ0) is 14.0. The van der Waals surface area contributed by atoms with Crippen LogP contribution in [0.5, 0.6) is 5.75 Å². The molecular weight excluding hydrogens is 306 g/mol. The maximum Gasteiger partial charge on any atom is 0.148 e. The van der Waals surface area contributed by atoms with Crippen LogP contribution in [0.4, 0.5) is 0 Å². The summed E-state index contributed by atoms with van der Waals surface area (Å²) in [5, 5.41) is 4.53. The second-order valence-corrected chi connectivity index (χ2v) is 5.81. The quantitative estimate of drug-likeness (QED) is 0.878. The summed E-state index contributed by atoms with van der Waals surface area (Å²) in [6, 6.07) is 6.25. The number of benzene rings is 1. The fraction of sp³-hybridized carbons (Fsp3) is 0.467. The van der Waals surface area contributed by atoms with E-state index >= 15 is 0 Å². The molecule has 19 heavy (non-hydrogen) atoms. The van der Waals surface area contributed by atoms with Gasteiger partial charge in [-0.25, -0.2) is 0 Å². The number of fused-ring (bicyclic) bond motifs is 1. The fourth-order valence-corrected chi connectivity index (χ4v) is 2.80. The molecule has 1 heterocycles. The third-order valence-electron chi connectivity index (χ3n) is 3.20. The van der Waals surface area contributed by atoms with Crippen molar-refractivity contribution >= 4 is 26.9 Å². The van der Waals surface area contributed by atoms with E-state index in [2.05, 4.69) is 48.1 Å². The first-order valence-corrected chi connectivity index (χ1v) is 7.36. The molecule has 1 aromatic heterocycles. The van der Waals surface area contributed by atoms with E-state index in [9.17, 15) is 0 Å². The Morgan fingerprint density at radius 1 is 1.32 bits per heavy atom. The third-order valence-corrected chi connectivity index (χ3v) is 3.79. The van der Waals surface area contributed by atoms with Gasteiger partial charge in [-0.3, -0.25) is 0 Å². The van der Waals surface area contributed by atoms with Crippen molar-refractivity contribution in [3.8, 4) is 5.75 Å². The molecule has 1 N–H and O–H groups in total. The van der Waals surface area contributed by atoms with Gasteiger partial charge in [0.15, 0.2) is 0 Å². The Morgan fingerprint density at radius 2 is 2.05 bits per heavy atom. The number of nitrogens with one attached hydrogen (secondary N) is 1. The molecule has 0 aliphatic rings. The van der Waals surface area contributed by atoms with Gasteiger partial charge in [-0.2, -0.15) is 0 Å². The Balaban J connectivity index is 2.48. The van der Waals surface area contributed by atoms with Gasteiger partial charge in [-0.15, -0.1) is 0 Å². The molecule has 1 atom stereocenters. The molecule has 3 nitrogen and oxygen atoms in total. The standard InChI is InChI=1S/C15H20BrNO2/c1-5-17-14(9(2)3)13-7-10-6-11(18-4)8-12(16)15(10)19-13/h6-9,14,17H,5H2,1-4H3. The number of ether oxygens (including phenoxy) is 1. The summed E-state index contributed by atoms with van der Waals surface area (Å²) in [6.45, 7) is 7.41. The van der Waals surface area contributed by atoms with E-state index in [1.54, 1.807) is 7.11 Å². The van der Waals surface area contributed by atoms with Crippen molar-refractivity contribution in [2.24, 2.45) is 5.92 Å². The molecule has 2 aromatic rings. The summed E-state index contributed by atoms with van der Waals surface area (Å²) in [4.78, 5) is 0. The van der Waals surface area contributed by atoms with E-state index in [1.807, 2.05) is 12.1 Å². The first-order valence-electron chi connectivity index (χ1n) is 6.57. The molecule has 0 aliphatic heterocycles. The van der Waals surface area contributed by atoms with Crippen LogP contribution in [0.25, 0.3) is 11.0 Å². The summed E-state index contributed by atoms with van der Waals surface area (Å²) >= 11 is 3.53. The van der Waals surface area contributed by atoms with Crippen LogP contribution in [-0.2, 0) is 0 Å². The van der Waals surface area contributed by atoms with Crippen molar-refractivity contribution in [2.75, 3.05) is 13.7 Å². The topological polar surface area (TPSA) is 34.4 Å². The molecule has 104 valence electrons. The van der Waals surface area contributed by atoms with Crippen molar-refractivity contribution in [1.82, 2.24) is 5.32 Å². The van der Waals surface area contributed by atoms with Gasteiger partial charge in [0.2, 0.25) is 0 Å². The molecule has 0 spiro atoms. The van der Waals surface area contributed by atoms with Gasteiger partial charge < -0.3 is 14.5 Å². The summed E-state index contributed by atoms with van der Waals surface area (Å²) in [7, 11) is 1.67. The van der Waals surface area contributed by atoms with Crippen molar-refractivity contribution in [1.29, 1.82) is 0 Å². The lowest BCUT2D eigenvalue weighted by atomic mass is 10.0. The highest BCUT2D eigenvalue weighted by Gasteiger charge is 2.20. The molecule has 0 fully saturated rings. The van der Waals surface area contributed by atoms with Crippen molar-refractivity contribution in [3.05, 3.63) is 28.4 Å². The van der Waals surface area contributed by atoms with Gasteiger partial charge in [0, 0.05) is 5.39 Å². The minimum absolute atomic E-state index is 0.232. The first-order chi connectivity index (χ1) is 9.06. The van der Waals surface area contributed by atoms with Crippen LogP contribution in [0.3, 0.4) is 0 Å². The van der Waals surface area contributed by atoms with Gasteiger partial charge in [-0.05, 0) is 46.6 Å². The molecule has 0 amide bonds. The molecule has 2 rings (SSSR count). The lowest BCUT2D eigenvalue weighted by Gasteiger charge is -2.19. The average Bonchev–Trinajstić information content (AvgIpc) is 2.79. The van der Waals surface area contributed by atoms with E-state index in [0.717, 1.165) is 33.5 Å². The molecule has 4 heteroatoms. The van der Waals surface area contributed by atoms with Crippen LogP contribution in [-0.4, -0.2) is 13.7 Å². The molecule has 0 saturated heterocycles. The summed E-state index contributed by atoms with van der Waals surface area (Å²) in [5.74, 6) is 2.28. The Labute approximate surface area is 122 Å². The maximum absolute atomic E-state index is 6.01. The summed E-state index contributed by atoms with van der Waals surface area (Å²) in [5.41, 5.74) is 0.874. The van der Waals surface area contributed by atoms with Crippen LogP contribution in [0.2, 0.25) is 0 Å². The van der Waals surface area contributed by atoms with Crippen LogP contribution < -0.4 is 10.1 Å². The van der Waals surface area contributed by atoms with Crippen LogP contribution in [0.15, 0.2) is 27.1 Å². The highest BCUT2D eigenvalue weighted by molar-refractivity contribution is 9.10. The summed E-state index contributed by atoms with van der Waals surface area (Å²) < 4.78 is 12.2. The monoisotopic (exact) mass is 325 g/mol. The Kier molecular flexibility index (Phi) is 4.53. The van der Waals surface area contributed by atoms with Crippen molar-refractivity contribution in [3.63, 3.8) is 0 Å². The van der Waals surface area contributed by atoms with Gasteiger partial charge in [0.05, 0.1) is 17.6 Å². The predicted octanol–water partition coefficient (Wildman–Crippen LogP) is 4.51. The normalized spacial score (nSPS) is 13.2. The maximum atomic E-state index is 6.01. The van der Waals surface area contributed by atoms with Gasteiger partial charge in [0.25, 0.3) is 0 Å². The van der Waals surface area contributed by atoms with Crippen molar-refractivity contribution in [2.45, 2.75) is 26.8 Å². The summed E-state index contributed by atoms with van der Waals surface area (Å²) in [6.07, 6.45) is 0. The highest BCUT2D eigenvalue weighted by atomic mass is 79.9. The fourth-order valence-electron chi connectivity index (χ4n) is 2.26. The molecule has 0 saturated carbocycles. The van der Waals surface area contributed by atoms with Crippen LogP contribution >= 0.6 is 15.9 Å². The number of halogens is 1.